The van der Waals surface area contributed by atoms with Crippen molar-refractivity contribution in [3.8, 4) is 0 Å². The Hall–Kier alpha value is -1.10. The molecule has 0 aliphatic carbocycles. The Morgan fingerprint density at radius 1 is 1.25 bits per heavy atom. The van der Waals surface area contributed by atoms with E-state index in [1.54, 1.807) is 0 Å². The van der Waals surface area contributed by atoms with Crippen molar-refractivity contribution in [2.45, 2.75) is 51.5 Å². The highest BCUT2D eigenvalue weighted by Crippen LogP contribution is 1.98. The fourth-order valence-electron chi connectivity index (χ4n) is 1.32. The Bertz CT molecular complexity index is 219. The fourth-order valence-corrected chi connectivity index (χ4v) is 1.32. The summed E-state index contributed by atoms with van der Waals surface area (Å²) in [5, 5.41) is 2.75. The first-order chi connectivity index (χ1) is 7.57. The van der Waals surface area contributed by atoms with Gasteiger partial charge in [-0.3, -0.25) is 9.59 Å². The predicted molar refractivity (Wildman–Crippen MR) is 63.6 cm³/mol. The first kappa shape index (κ1) is 14.9. The fraction of sp³-hybridized carbons (Fsp3) is 0.818. The Morgan fingerprint density at radius 2 is 1.94 bits per heavy atom. The zero-order valence-corrected chi connectivity index (χ0v) is 10.00. The van der Waals surface area contributed by atoms with Gasteiger partial charge in [0.1, 0.15) is 0 Å². The number of amides is 2. The van der Waals surface area contributed by atoms with E-state index in [2.05, 4.69) is 12.2 Å². The van der Waals surface area contributed by atoms with Crippen molar-refractivity contribution in [3.05, 3.63) is 0 Å². The lowest BCUT2D eigenvalue weighted by atomic mass is 10.1. The second kappa shape index (κ2) is 9.15. The summed E-state index contributed by atoms with van der Waals surface area (Å²) in [6.07, 6.45) is 4.58. The molecule has 0 unspecified atom stereocenters. The van der Waals surface area contributed by atoms with Gasteiger partial charge in [0.25, 0.3) is 0 Å². The van der Waals surface area contributed by atoms with Crippen LogP contribution in [-0.2, 0) is 9.59 Å². The van der Waals surface area contributed by atoms with Crippen LogP contribution in [0.1, 0.15) is 45.4 Å². The Balaban J connectivity index is 3.45. The molecule has 94 valence electrons. The number of carbonyl (C=O) groups excluding carboxylic acids is 2. The van der Waals surface area contributed by atoms with Crippen molar-refractivity contribution in [1.29, 1.82) is 0 Å². The molecule has 0 saturated carbocycles. The summed E-state index contributed by atoms with van der Waals surface area (Å²) in [4.78, 5) is 21.9. The van der Waals surface area contributed by atoms with Crippen molar-refractivity contribution < 1.29 is 9.59 Å². The predicted octanol–water partition coefficient (Wildman–Crippen LogP) is 0.276. The number of nitrogens with two attached hydrogens (primary N) is 2. The SMILES string of the molecule is CCCC[C@H](N)C(=O)NCCCCC(N)=O. The number of nitrogens with one attached hydrogen (secondary N) is 1. The minimum Gasteiger partial charge on any atom is -0.370 e. The van der Waals surface area contributed by atoms with E-state index >= 15 is 0 Å². The van der Waals surface area contributed by atoms with E-state index in [9.17, 15) is 9.59 Å². The topological polar surface area (TPSA) is 98.2 Å². The van der Waals surface area contributed by atoms with Gasteiger partial charge in [0.15, 0.2) is 0 Å². The molecule has 0 radical (unpaired) electrons. The van der Waals surface area contributed by atoms with E-state index < -0.39 is 6.04 Å². The van der Waals surface area contributed by atoms with Crippen LogP contribution in [0.4, 0.5) is 0 Å². The number of rotatable bonds is 9. The Labute approximate surface area is 96.9 Å². The molecule has 1 atom stereocenters. The Morgan fingerprint density at radius 3 is 2.50 bits per heavy atom. The summed E-state index contributed by atoms with van der Waals surface area (Å²) >= 11 is 0. The minimum atomic E-state index is -0.406. The number of hydrogen-bond acceptors (Lipinski definition) is 3. The molecule has 0 aliphatic heterocycles. The molecular weight excluding hydrogens is 206 g/mol. The lowest BCUT2D eigenvalue weighted by molar-refractivity contribution is -0.122. The van der Waals surface area contributed by atoms with E-state index in [4.69, 9.17) is 11.5 Å². The smallest absolute Gasteiger partial charge is 0.236 e. The van der Waals surface area contributed by atoms with Crippen LogP contribution in [0.5, 0.6) is 0 Å². The minimum absolute atomic E-state index is 0.104. The molecule has 0 spiro atoms. The van der Waals surface area contributed by atoms with Crippen LogP contribution < -0.4 is 16.8 Å². The third-order valence-corrected chi connectivity index (χ3v) is 2.35. The second-order valence-corrected chi connectivity index (χ2v) is 3.96. The maximum atomic E-state index is 11.4. The number of hydrogen-bond donors (Lipinski definition) is 3. The lowest BCUT2D eigenvalue weighted by Gasteiger charge is -2.11. The zero-order chi connectivity index (χ0) is 12.4. The summed E-state index contributed by atoms with van der Waals surface area (Å²) in [6, 6.07) is -0.406. The van der Waals surface area contributed by atoms with Crippen LogP contribution in [0.2, 0.25) is 0 Å². The molecule has 5 heteroatoms. The first-order valence-electron chi connectivity index (χ1n) is 5.89. The van der Waals surface area contributed by atoms with Gasteiger partial charge in [-0.2, -0.15) is 0 Å². The van der Waals surface area contributed by atoms with Gasteiger partial charge in [0, 0.05) is 13.0 Å². The quantitative estimate of drug-likeness (QED) is 0.495. The Kier molecular flexibility index (Phi) is 8.52. The van der Waals surface area contributed by atoms with E-state index in [0.29, 0.717) is 19.4 Å². The van der Waals surface area contributed by atoms with Gasteiger partial charge >= 0.3 is 0 Å². The van der Waals surface area contributed by atoms with Gasteiger partial charge in [0.05, 0.1) is 6.04 Å². The van der Waals surface area contributed by atoms with Gasteiger partial charge < -0.3 is 16.8 Å². The van der Waals surface area contributed by atoms with Crippen LogP contribution in [0.3, 0.4) is 0 Å². The summed E-state index contributed by atoms with van der Waals surface area (Å²) < 4.78 is 0. The molecule has 2 amide bonds. The van der Waals surface area contributed by atoms with Crippen LogP contribution >= 0.6 is 0 Å². The highest BCUT2D eigenvalue weighted by atomic mass is 16.2. The molecule has 0 saturated heterocycles. The molecule has 0 rings (SSSR count). The van der Waals surface area contributed by atoms with Crippen molar-refractivity contribution >= 4 is 11.8 Å². The zero-order valence-electron chi connectivity index (χ0n) is 10.00. The maximum Gasteiger partial charge on any atom is 0.236 e. The lowest BCUT2D eigenvalue weighted by Crippen LogP contribution is -2.40. The van der Waals surface area contributed by atoms with Crippen LogP contribution in [0.15, 0.2) is 0 Å². The third-order valence-electron chi connectivity index (χ3n) is 2.35. The normalized spacial score (nSPS) is 12.1. The molecule has 5 nitrogen and oxygen atoms in total. The summed E-state index contributed by atoms with van der Waals surface area (Å²) in [5.41, 5.74) is 10.7. The molecular formula is C11H23N3O2. The van der Waals surface area contributed by atoms with E-state index in [1.807, 2.05) is 0 Å². The van der Waals surface area contributed by atoms with Crippen LogP contribution in [0.25, 0.3) is 0 Å². The number of primary amides is 1. The molecule has 0 fully saturated rings. The van der Waals surface area contributed by atoms with Gasteiger partial charge in [-0.1, -0.05) is 19.8 Å². The molecule has 5 N–H and O–H groups in total. The third kappa shape index (κ3) is 8.23. The molecule has 0 aromatic carbocycles. The number of carbonyl (C=O) groups is 2. The maximum absolute atomic E-state index is 11.4. The standard InChI is InChI=1S/C11H23N3O2/c1-2-3-6-9(12)11(16)14-8-5-4-7-10(13)15/h9H,2-8,12H2,1H3,(H2,13,15)(H,14,16)/t9-/m0/s1. The molecule has 0 heterocycles. The van der Waals surface area contributed by atoms with Crippen molar-refractivity contribution in [2.24, 2.45) is 11.5 Å². The molecule has 0 aliphatic rings. The largest absolute Gasteiger partial charge is 0.370 e. The van der Waals surface area contributed by atoms with E-state index in [0.717, 1.165) is 25.7 Å². The van der Waals surface area contributed by atoms with Crippen molar-refractivity contribution in [1.82, 2.24) is 5.32 Å². The summed E-state index contributed by atoms with van der Waals surface area (Å²) in [5.74, 6) is -0.404. The van der Waals surface area contributed by atoms with Gasteiger partial charge in [-0.25, -0.2) is 0 Å². The average Bonchev–Trinajstić information content (AvgIpc) is 2.24. The van der Waals surface area contributed by atoms with E-state index in [1.165, 1.54) is 0 Å². The highest BCUT2D eigenvalue weighted by Gasteiger charge is 2.11. The van der Waals surface area contributed by atoms with Crippen molar-refractivity contribution in [3.63, 3.8) is 0 Å². The average molecular weight is 229 g/mol. The van der Waals surface area contributed by atoms with Gasteiger partial charge in [-0.05, 0) is 19.3 Å². The van der Waals surface area contributed by atoms with E-state index in [-0.39, 0.29) is 11.8 Å². The monoisotopic (exact) mass is 229 g/mol. The summed E-state index contributed by atoms with van der Waals surface area (Å²) in [6.45, 7) is 2.63. The molecule has 16 heavy (non-hydrogen) atoms. The molecule has 0 aromatic heterocycles. The van der Waals surface area contributed by atoms with Gasteiger partial charge in [0.2, 0.25) is 11.8 Å². The van der Waals surface area contributed by atoms with Crippen LogP contribution in [-0.4, -0.2) is 24.4 Å². The van der Waals surface area contributed by atoms with Crippen LogP contribution in [0, 0.1) is 0 Å². The highest BCUT2D eigenvalue weighted by molar-refractivity contribution is 5.81. The number of unbranched alkanes of at least 4 members (excludes halogenated alkanes) is 2. The summed E-state index contributed by atoms with van der Waals surface area (Å²) in [7, 11) is 0. The first-order valence-corrected chi connectivity index (χ1v) is 5.89. The molecule has 0 bridgehead atoms. The van der Waals surface area contributed by atoms with Crippen molar-refractivity contribution in [2.75, 3.05) is 6.54 Å². The molecule has 0 aromatic rings. The second-order valence-electron chi connectivity index (χ2n) is 3.96. The van der Waals surface area contributed by atoms with Gasteiger partial charge in [-0.15, -0.1) is 0 Å².